The van der Waals surface area contributed by atoms with Gasteiger partial charge in [-0.1, -0.05) is 41.6 Å². The minimum Gasteiger partial charge on any atom is -0.338 e. The monoisotopic (exact) mass is 455 g/mol. The van der Waals surface area contributed by atoms with E-state index in [1.54, 1.807) is 11.3 Å². The van der Waals surface area contributed by atoms with Gasteiger partial charge in [-0.2, -0.15) is 4.98 Å². The van der Waals surface area contributed by atoms with Crippen LogP contribution in [-0.2, 0) is 11.3 Å². The van der Waals surface area contributed by atoms with Crippen LogP contribution in [-0.4, -0.2) is 52.0 Å². The Balaban J connectivity index is 0.00000150. The van der Waals surface area contributed by atoms with Gasteiger partial charge >= 0.3 is 0 Å². The number of thiophene rings is 1. The van der Waals surface area contributed by atoms with Crippen LogP contribution in [0.2, 0.25) is 0 Å². The number of hydrogen-bond acceptors (Lipinski definition) is 7. The lowest BCUT2D eigenvalue weighted by Gasteiger charge is -2.35. The van der Waals surface area contributed by atoms with E-state index in [9.17, 15) is 4.79 Å². The average Bonchev–Trinajstić information content (AvgIpc) is 3.40. The third kappa shape index (κ3) is 5.55. The topological polar surface area (TPSA) is 88.5 Å². The number of benzene rings is 1. The van der Waals surface area contributed by atoms with Crippen molar-refractivity contribution in [2.24, 2.45) is 5.73 Å². The average molecular weight is 456 g/mol. The summed E-state index contributed by atoms with van der Waals surface area (Å²) in [5.41, 5.74) is 6.98. The molecule has 1 aliphatic heterocycles. The lowest BCUT2D eigenvalue weighted by Crippen LogP contribution is -2.50. The molecule has 0 saturated carbocycles. The number of nitrogens with zero attached hydrogens (tertiary/aromatic N) is 4. The van der Waals surface area contributed by atoms with Crippen LogP contribution in [0.15, 0.2) is 52.4 Å². The summed E-state index contributed by atoms with van der Waals surface area (Å²) in [7, 11) is 0. The second-order valence-electron chi connectivity index (χ2n) is 6.48. The maximum atomic E-state index is 12.6. The molecule has 1 fully saturated rings. The third-order valence-corrected chi connectivity index (χ3v) is 5.54. The molecule has 2 N–H and O–H groups in total. The first kappa shape index (κ1) is 23.3. The number of piperazine rings is 1. The standard InChI is InChI=1S/C19H21N5O2S.2ClH/c20-17(14-5-2-1-3-6-14)19(25)24-10-8-23(9-11-24)13-16-21-18(22-26-16)15-7-4-12-27-15;;/h1-7,12,17H,8-11,13,20H2;2*1H. The summed E-state index contributed by atoms with van der Waals surface area (Å²) in [4.78, 5) is 22.1. The molecule has 1 atom stereocenters. The summed E-state index contributed by atoms with van der Waals surface area (Å²) < 4.78 is 5.36. The molecule has 0 spiro atoms. The molecule has 1 aliphatic rings. The Morgan fingerprint density at radius 3 is 2.48 bits per heavy atom. The highest BCUT2D eigenvalue weighted by Gasteiger charge is 2.26. The van der Waals surface area contributed by atoms with Gasteiger partial charge in [-0.25, -0.2) is 0 Å². The highest BCUT2D eigenvalue weighted by Crippen LogP contribution is 2.22. The van der Waals surface area contributed by atoms with E-state index in [1.165, 1.54) is 0 Å². The van der Waals surface area contributed by atoms with Crippen molar-refractivity contribution in [2.75, 3.05) is 26.2 Å². The smallest absolute Gasteiger partial charge is 0.244 e. The van der Waals surface area contributed by atoms with Crippen LogP contribution < -0.4 is 5.73 Å². The quantitative estimate of drug-likeness (QED) is 0.635. The number of carbonyl (C=O) groups is 1. The van der Waals surface area contributed by atoms with Gasteiger partial charge in [0.25, 0.3) is 0 Å². The lowest BCUT2D eigenvalue weighted by molar-refractivity contribution is -0.134. The molecule has 1 saturated heterocycles. The summed E-state index contributed by atoms with van der Waals surface area (Å²) >= 11 is 1.59. The normalized spacial score (nSPS) is 15.3. The first-order chi connectivity index (χ1) is 13.2. The predicted molar refractivity (Wildman–Crippen MR) is 117 cm³/mol. The molecule has 156 valence electrons. The molecule has 3 heterocycles. The van der Waals surface area contributed by atoms with E-state index in [0.717, 1.165) is 23.5 Å². The van der Waals surface area contributed by atoms with Crippen molar-refractivity contribution in [3.63, 3.8) is 0 Å². The van der Waals surface area contributed by atoms with Gasteiger partial charge in [0.05, 0.1) is 11.4 Å². The lowest BCUT2D eigenvalue weighted by atomic mass is 10.1. The van der Waals surface area contributed by atoms with Crippen molar-refractivity contribution in [3.05, 3.63) is 59.3 Å². The van der Waals surface area contributed by atoms with E-state index in [-0.39, 0.29) is 30.7 Å². The minimum atomic E-state index is -0.609. The summed E-state index contributed by atoms with van der Waals surface area (Å²) in [5.74, 6) is 1.19. The van der Waals surface area contributed by atoms with Crippen molar-refractivity contribution < 1.29 is 9.32 Å². The van der Waals surface area contributed by atoms with E-state index in [4.69, 9.17) is 10.3 Å². The first-order valence-corrected chi connectivity index (χ1v) is 9.77. The molecule has 29 heavy (non-hydrogen) atoms. The van der Waals surface area contributed by atoms with Crippen molar-refractivity contribution in [1.82, 2.24) is 19.9 Å². The summed E-state index contributed by atoms with van der Waals surface area (Å²) in [6.45, 7) is 3.38. The van der Waals surface area contributed by atoms with Gasteiger partial charge in [0.15, 0.2) is 0 Å². The van der Waals surface area contributed by atoms with Crippen LogP contribution in [0.5, 0.6) is 0 Å². The van der Waals surface area contributed by atoms with Crippen LogP contribution in [0.3, 0.4) is 0 Å². The molecule has 0 aliphatic carbocycles. The fraction of sp³-hybridized carbons (Fsp3) is 0.316. The number of carbonyl (C=O) groups excluding carboxylic acids is 1. The van der Waals surface area contributed by atoms with Gasteiger partial charge in [0.2, 0.25) is 17.6 Å². The molecule has 1 aromatic carbocycles. The molecule has 10 heteroatoms. The van der Waals surface area contributed by atoms with E-state index in [2.05, 4.69) is 15.0 Å². The zero-order valence-electron chi connectivity index (χ0n) is 15.6. The van der Waals surface area contributed by atoms with Crippen molar-refractivity contribution in [2.45, 2.75) is 12.6 Å². The Bertz CT molecular complexity index is 883. The van der Waals surface area contributed by atoms with E-state index >= 15 is 0 Å². The summed E-state index contributed by atoms with van der Waals surface area (Å²) in [6, 6.07) is 12.8. The molecular formula is C19H23Cl2N5O2S. The number of aromatic nitrogens is 2. The Morgan fingerprint density at radius 2 is 1.83 bits per heavy atom. The number of hydrogen-bond donors (Lipinski definition) is 1. The van der Waals surface area contributed by atoms with Gasteiger partial charge in [-0.05, 0) is 17.0 Å². The fourth-order valence-electron chi connectivity index (χ4n) is 3.14. The van der Waals surface area contributed by atoms with Gasteiger partial charge < -0.3 is 15.2 Å². The van der Waals surface area contributed by atoms with Gasteiger partial charge in [-0.15, -0.1) is 36.2 Å². The van der Waals surface area contributed by atoms with Crippen LogP contribution >= 0.6 is 36.2 Å². The molecule has 0 radical (unpaired) electrons. The summed E-state index contributed by atoms with van der Waals surface area (Å²) in [5, 5.41) is 6.03. The molecule has 2 aromatic heterocycles. The fourth-order valence-corrected chi connectivity index (χ4v) is 3.79. The summed E-state index contributed by atoms with van der Waals surface area (Å²) in [6.07, 6.45) is 0. The maximum Gasteiger partial charge on any atom is 0.244 e. The number of halogens is 2. The number of rotatable bonds is 5. The highest BCUT2D eigenvalue weighted by molar-refractivity contribution is 7.13. The zero-order chi connectivity index (χ0) is 18.6. The number of amides is 1. The first-order valence-electron chi connectivity index (χ1n) is 8.89. The van der Waals surface area contributed by atoms with Crippen LogP contribution in [0, 0.1) is 0 Å². The van der Waals surface area contributed by atoms with E-state index in [0.29, 0.717) is 31.3 Å². The second kappa shape index (κ2) is 10.7. The van der Waals surface area contributed by atoms with Crippen LogP contribution in [0.4, 0.5) is 0 Å². The SMILES string of the molecule is Cl.Cl.NC(C(=O)N1CCN(Cc2nc(-c3cccs3)no2)CC1)c1ccccc1. The minimum absolute atomic E-state index is 0. The largest absolute Gasteiger partial charge is 0.338 e. The Morgan fingerprint density at radius 1 is 1.10 bits per heavy atom. The molecule has 1 unspecified atom stereocenters. The van der Waals surface area contributed by atoms with Crippen molar-refractivity contribution in [3.8, 4) is 10.7 Å². The molecular weight excluding hydrogens is 433 g/mol. The Kier molecular flexibility index (Phi) is 8.60. The zero-order valence-corrected chi connectivity index (χ0v) is 18.1. The second-order valence-corrected chi connectivity index (χ2v) is 7.43. The van der Waals surface area contributed by atoms with Gasteiger partial charge in [0, 0.05) is 26.2 Å². The van der Waals surface area contributed by atoms with Gasteiger partial charge in [-0.3, -0.25) is 9.69 Å². The molecule has 3 aromatic rings. The Hall–Kier alpha value is -1.97. The predicted octanol–water partition coefficient (Wildman–Crippen LogP) is 2.99. The Labute approximate surface area is 185 Å². The molecule has 4 rings (SSSR count). The molecule has 7 nitrogen and oxygen atoms in total. The molecule has 1 amide bonds. The van der Waals surface area contributed by atoms with Gasteiger partial charge in [0.1, 0.15) is 6.04 Å². The third-order valence-electron chi connectivity index (χ3n) is 4.68. The highest BCUT2D eigenvalue weighted by atomic mass is 35.5. The maximum absolute atomic E-state index is 12.6. The van der Waals surface area contributed by atoms with E-state index in [1.807, 2.05) is 52.7 Å². The van der Waals surface area contributed by atoms with Crippen LogP contribution in [0.1, 0.15) is 17.5 Å². The van der Waals surface area contributed by atoms with Crippen LogP contribution in [0.25, 0.3) is 10.7 Å². The van der Waals surface area contributed by atoms with Crippen molar-refractivity contribution in [1.29, 1.82) is 0 Å². The van der Waals surface area contributed by atoms with Crippen molar-refractivity contribution >= 4 is 42.1 Å². The number of nitrogens with two attached hydrogens (primary N) is 1. The molecule has 0 bridgehead atoms. The van der Waals surface area contributed by atoms with E-state index < -0.39 is 6.04 Å².